The smallest absolute Gasteiger partial charge is 0.296 e. The molecule has 0 unspecified atom stereocenters. The van der Waals surface area contributed by atoms with E-state index in [0.29, 0.717) is 23.9 Å². The predicted molar refractivity (Wildman–Crippen MR) is 146 cm³/mol. The number of nitrogens with one attached hydrogen (secondary N) is 2. The summed E-state index contributed by atoms with van der Waals surface area (Å²) in [5.74, 6) is 2.00. The van der Waals surface area contributed by atoms with Crippen LogP contribution >= 0.6 is 0 Å². The van der Waals surface area contributed by atoms with Crippen molar-refractivity contribution in [3.8, 4) is 34.4 Å². The fourth-order valence-electron chi connectivity index (χ4n) is 4.91. The van der Waals surface area contributed by atoms with Gasteiger partial charge in [-0.15, -0.1) is 15.3 Å². The maximum atomic E-state index is 13.5. The van der Waals surface area contributed by atoms with Crippen LogP contribution in [0.4, 0.5) is 5.69 Å². The van der Waals surface area contributed by atoms with Crippen LogP contribution in [0.3, 0.4) is 0 Å². The van der Waals surface area contributed by atoms with Gasteiger partial charge in [0.05, 0.1) is 44.1 Å². The highest BCUT2D eigenvalue weighted by atomic mass is 32.2. The highest BCUT2D eigenvalue weighted by Gasteiger charge is 2.26. The van der Waals surface area contributed by atoms with Crippen LogP contribution in [0.25, 0.3) is 17.0 Å². The molecule has 14 heteroatoms. The van der Waals surface area contributed by atoms with Crippen LogP contribution in [0.15, 0.2) is 40.0 Å². The topological polar surface area (TPSA) is 159 Å². The number of hydrogen-bond donors (Lipinski definition) is 2. The number of anilines is 1. The van der Waals surface area contributed by atoms with Crippen molar-refractivity contribution < 1.29 is 27.4 Å². The zero-order chi connectivity index (χ0) is 28.4. The lowest BCUT2D eigenvalue weighted by molar-refractivity contribution is 0.325. The Balaban J connectivity index is 1.60. The number of hydrogen-bond acceptors (Lipinski definition) is 10. The summed E-state index contributed by atoms with van der Waals surface area (Å²) in [6.45, 7) is 2.11. The second-order valence-electron chi connectivity index (χ2n) is 9.16. The summed E-state index contributed by atoms with van der Waals surface area (Å²) in [6.07, 6.45) is 4.02. The van der Waals surface area contributed by atoms with E-state index in [0.717, 1.165) is 25.7 Å². The van der Waals surface area contributed by atoms with E-state index in [1.54, 1.807) is 13.0 Å². The summed E-state index contributed by atoms with van der Waals surface area (Å²) in [5.41, 5.74) is 0.0172. The van der Waals surface area contributed by atoms with Crippen molar-refractivity contribution in [3.05, 3.63) is 46.5 Å². The van der Waals surface area contributed by atoms with Gasteiger partial charge in [-0.25, -0.2) is 8.42 Å². The highest BCUT2D eigenvalue weighted by molar-refractivity contribution is 7.92. The molecule has 1 aliphatic rings. The van der Waals surface area contributed by atoms with Gasteiger partial charge >= 0.3 is 0 Å². The molecule has 0 spiro atoms. The molecule has 2 aromatic heterocycles. The normalized spacial score (nSPS) is 13.9. The van der Waals surface area contributed by atoms with Crippen LogP contribution in [0.1, 0.15) is 44.3 Å². The molecule has 2 aromatic carbocycles. The molecule has 1 fully saturated rings. The van der Waals surface area contributed by atoms with Gasteiger partial charge in [-0.2, -0.15) is 4.52 Å². The number of aromatic nitrogens is 5. The standard InChI is InChI=1S/C26H30N6O7S/c1-5-39-19-12-10-16(40(34,35)31-18-11-13-20(36-2)22(38-4)21(18)37-3)14-17(19)23-27-26(33)25-29-28-24(32(25)30-23)15-8-6-7-9-15/h10-15,31H,5-9H2,1-4H3,(H,27,30,33). The molecule has 0 bridgehead atoms. The van der Waals surface area contributed by atoms with E-state index in [9.17, 15) is 13.2 Å². The van der Waals surface area contributed by atoms with Crippen molar-refractivity contribution in [2.75, 3.05) is 32.7 Å². The summed E-state index contributed by atoms with van der Waals surface area (Å²) in [4.78, 5) is 15.6. The number of ether oxygens (including phenoxy) is 4. The minimum atomic E-state index is -4.15. The summed E-state index contributed by atoms with van der Waals surface area (Å²) >= 11 is 0. The lowest BCUT2D eigenvalue weighted by Crippen LogP contribution is -2.17. The molecule has 0 atom stereocenters. The van der Waals surface area contributed by atoms with E-state index >= 15 is 0 Å². The molecule has 0 saturated heterocycles. The molecule has 4 aromatic rings. The van der Waals surface area contributed by atoms with Crippen molar-refractivity contribution in [3.63, 3.8) is 0 Å². The zero-order valence-electron chi connectivity index (χ0n) is 22.6. The van der Waals surface area contributed by atoms with Crippen molar-refractivity contribution in [2.24, 2.45) is 0 Å². The lowest BCUT2D eigenvalue weighted by atomic mass is 10.1. The molecule has 40 heavy (non-hydrogen) atoms. The van der Waals surface area contributed by atoms with E-state index in [-0.39, 0.29) is 45.0 Å². The van der Waals surface area contributed by atoms with E-state index < -0.39 is 15.6 Å². The van der Waals surface area contributed by atoms with Gasteiger partial charge in [-0.1, -0.05) is 12.8 Å². The average Bonchev–Trinajstić information content (AvgIpc) is 3.63. The molecule has 0 amide bonds. The monoisotopic (exact) mass is 570 g/mol. The largest absolute Gasteiger partial charge is 0.493 e. The summed E-state index contributed by atoms with van der Waals surface area (Å²) in [6, 6.07) is 7.39. The van der Waals surface area contributed by atoms with E-state index in [1.807, 2.05) is 0 Å². The van der Waals surface area contributed by atoms with E-state index in [4.69, 9.17) is 18.9 Å². The van der Waals surface area contributed by atoms with E-state index in [2.05, 4.69) is 25.0 Å². The quantitative estimate of drug-likeness (QED) is 0.289. The summed E-state index contributed by atoms with van der Waals surface area (Å²) in [5, 5.41) is 12.9. The molecule has 13 nitrogen and oxygen atoms in total. The van der Waals surface area contributed by atoms with Crippen LogP contribution in [0.2, 0.25) is 0 Å². The fourth-order valence-corrected chi connectivity index (χ4v) is 6.00. The molecule has 5 rings (SSSR count). The van der Waals surface area contributed by atoms with Crippen LogP contribution in [-0.2, 0) is 10.0 Å². The lowest BCUT2D eigenvalue weighted by Gasteiger charge is -2.17. The number of aromatic amines is 1. The average molecular weight is 571 g/mol. The summed E-state index contributed by atoms with van der Waals surface area (Å²) in [7, 11) is 0.141. The number of benzene rings is 2. The van der Waals surface area contributed by atoms with Gasteiger partial charge in [0.15, 0.2) is 23.1 Å². The first kappa shape index (κ1) is 27.2. The third kappa shape index (κ3) is 4.90. The predicted octanol–water partition coefficient (Wildman–Crippen LogP) is 3.36. The minimum absolute atomic E-state index is 0.0783. The second-order valence-corrected chi connectivity index (χ2v) is 10.8. The molecule has 1 saturated carbocycles. The first-order valence-electron chi connectivity index (χ1n) is 12.8. The van der Waals surface area contributed by atoms with Crippen molar-refractivity contribution >= 4 is 21.4 Å². The van der Waals surface area contributed by atoms with Gasteiger partial charge in [0.1, 0.15) is 5.75 Å². The molecule has 1 aliphatic carbocycles. The molecule has 0 radical (unpaired) electrons. The highest BCUT2D eigenvalue weighted by Crippen LogP contribution is 2.43. The number of methoxy groups -OCH3 is 3. The number of sulfonamides is 1. The Morgan fingerprint density at radius 2 is 1.73 bits per heavy atom. The molecular weight excluding hydrogens is 540 g/mol. The van der Waals surface area contributed by atoms with Crippen LogP contribution in [0, 0.1) is 0 Å². The Labute approximate surface area is 230 Å². The number of nitrogens with zero attached hydrogens (tertiary/aromatic N) is 4. The van der Waals surface area contributed by atoms with Crippen molar-refractivity contribution in [2.45, 2.75) is 43.4 Å². The molecule has 2 N–H and O–H groups in total. The Morgan fingerprint density at radius 1 is 1.00 bits per heavy atom. The molecule has 2 heterocycles. The maximum Gasteiger partial charge on any atom is 0.296 e. The van der Waals surface area contributed by atoms with Crippen LogP contribution < -0.4 is 29.2 Å². The zero-order valence-corrected chi connectivity index (χ0v) is 23.4. The third-order valence-electron chi connectivity index (χ3n) is 6.78. The number of fused-ring (bicyclic) bond motifs is 1. The molecule has 0 aliphatic heterocycles. The first-order chi connectivity index (χ1) is 19.3. The van der Waals surface area contributed by atoms with Crippen molar-refractivity contribution in [1.29, 1.82) is 0 Å². The molecular formula is C26H30N6O7S. The van der Waals surface area contributed by atoms with Crippen LogP contribution in [0.5, 0.6) is 23.0 Å². The maximum absolute atomic E-state index is 13.5. The summed E-state index contributed by atoms with van der Waals surface area (Å²) < 4.78 is 52.9. The van der Waals surface area contributed by atoms with Gasteiger partial charge in [-0.3, -0.25) is 9.52 Å². The van der Waals surface area contributed by atoms with Gasteiger partial charge in [0, 0.05) is 5.92 Å². The number of rotatable bonds is 10. The Hall–Kier alpha value is -4.33. The van der Waals surface area contributed by atoms with Gasteiger partial charge in [0.25, 0.3) is 15.6 Å². The number of H-pyrrole nitrogens is 1. The SMILES string of the molecule is CCOc1ccc(S(=O)(=O)Nc2ccc(OC)c(OC)c2OC)cc1-c1nn2c(C3CCCC3)nnc2c(=O)[nH]1. The Kier molecular flexibility index (Phi) is 7.52. The van der Waals surface area contributed by atoms with Gasteiger partial charge in [-0.05, 0) is 50.1 Å². The van der Waals surface area contributed by atoms with Crippen molar-refractivity contribution in [1.82, 2.24) is 24.8 Å². The molecule has 212 valence electrons. The first-order valence-corrected chi connectivity index (χ1v) is 14.2. The van der Waals surface area contributed by atoms with Gasteiger partial charge in [0.2, 0.25) is 11.4 Å². The Morgan fingerprint density at radius 3 is 2.40 bits per heavy atom. The minimum Gasteiger partial charge on any atom is -0.493 e. The third-order valence-corrected chi connectivity index (χ3v) is 8.15. The fraction of sp³-hybridized carbons (Fsp3) is 0.385. The van der Waals surface area contributed by atoms with Gasteiger partial charge < -0.3 is 23.9 Å². The Bertz CT molecular complexity index is 1710. The van der Waals surface area contributed by atoms with Crippen LogP contribution in [-0.4, -0.2) is 61.1 Å². The second kappa shape index (κ2) is 11.0. The van der Waals surface area contributed by atoms with E-state index in [1.165, 1.54) is 50.1 Å².